The van der Waals surface area contributed by atoms with Gasteiger partial charge in [0.1, 0.15) is 5.75 Å². The first-order chi connectivity index (χ1) is 9.74. The Labute approximate surface area is 132 Å². The van der Waals surface area contributed by atoms with Crippen LogP contribution in [0.25, 0.3) is 0 Å². The number of benzene rings is 1. The lowest BCUT2D eigenvalue weighted by molar-refractivity contribution is 0.0655. The molecule has 1 aliphatic carbocycles. The molecular formula is C16H23ClN2O2. The monoisotopic (exact) mass is 310 g/mol. The highest BCUT2D eigenvalue weighted by Gasteiger charge is 2.24. The lowest BCUT2D eigenvalue weighted by atomic mass is 10.1. The quantitative estimate of drug-likeness (QED) is 0.928. The maximum atomic E-state index is 12.5. The molecule has 0 bridgehead atoms. The summed E-state index contributed by atoms with van der Waals surface area (Å²) in [7, 11) is 0. The Kier molecular flexibility index (Phi) is 5.48. The van der Waals surface area contributed by atoms with Gasteiger partial charge in [0, 0.05) is 31.2 Å². The molecule has 3 rings (SSSR count). The number of amides is 1. The fraction of sp³-hybridized carbons (Fsp3) is 0.562. The summed E-state index contributed by atoms with van der Waals surface area (Å²) in [5.41, 5.74) is 0.748. The van der Waals surface area contributed by atoms with Gasteiger partial charge in [0.2, 0.25) is 0 Å². The molecule has 1 N–H and O–H groups in total. The maximum Gasteiger partial charge on any atom is 0.254 e. The maximum absolute atomic E-state index is 12.5. The van der Waals surface area contributed by atoms with Gasteiger partial charge in [-0.25, -0.2) is 0 Å². The first-order valence-electron chi connectivity index (χ1n) is 7.48. The van der Waals surface area contributed by atoms with Gasteiger partial charge in [0.25, 0.3) is 5.91 Å². The van der Waals surface area contributed by atoms with Crippen molar-refractivity contribution in [2.45, 2.75) is 25.8 Å². The van der Waals surface area contributed by atoms with E-state index in [1.54, 1.807) is 0 Å². The lowest BCUT2D eigenvalue weighted by Crippen LogP contribution is -2.52. The van der Waals surface area contributed by atoms with E-state index in [0.717, 1.165) is 43.5 Å². The number of halogens is 1. The number of rotatable bonds is 4. The molecule has 1 amide bonds. The van der Waals surface area contributed by atoms with Crippen molar-refractivity contribution in [3.8, 4) is 5.75 Å². The molecule has 1 aromatic carbocycles. The fourth-order valence-electron chi connectivity index (χ4n) is 2.50. The van der Waals surface area contributed by atoms with E-state index in [1.165, 1.54) is 12.8 Å². The Hall–Kier alpha value is -1.26. The average Bonchev–Trinajstić information content (AvgIpc) is 3.30. The van der Waals surface area contributed by atoms with Crippen molar-refractivity contribution >= 4 is 18.3 Å². The van der Waals surface area contributed by atoms with E-state index < -0.39 is 0 Å². The average molecular weight is 311 g/mol. The third-order valence-electron chi connectivity index (χ3n) is 4.05. The van der Waals surface area contributed by atoms with Crippen LogP contribution in [0.3, 0.4) is 0 Å². The van der Waals surface area contributed by atoms with Crippen LogP contribution in [0.5, 0.6) is 5.75 Å². The van der Waals surface area contributed by atoms with Crippen molar-refractivity contribution in [1.29, 1.82) is 0 Å². The predicted molar refractivity (Wildman–Crippen MR) is 85.3 cm³/mol. The van der Waals surface area contributed by atoms with Crippen LogP contribution in [0.4, 0.5) is 0 Å². The standard InChI is InChI=1S/C16H22N2O2.ClH/c1-12-10-17-8-9-18(12)16(19)14-4-6-15(7-5-14)20-11-13-2-3-13;/h4-7,12-13,17H,2-3,8-11H2,1H3;1H/t12-;/m1./s1. The first-order valence-corrected chi connectivity index (χ1v) is 7.48. The van der Waals surface area contributed by atoms with Crippen molar-refractivity contribution in [3.05, 3.63) is 29.8 Å². The van der Waals surface area contributed by atoms with E-state index in [1.807, 2.05) is 29.2 Å². The minimum Gasteiger partial charge on any atom is -0.493 e. The predicted octanol–water partition coefficient (Wildman–Crippen LogP) is 2.33. The SMILES string of the molecule is C[C@@H]1CNCCN1C(=O)c1ccc(OCC2CC2)cc1.Cl. The molecule has 1 saturated carbocycles. The van der Waals surface area contributed by atoms with Crippen LogP contribution in [0.2, 0.25) is 0 Å². The van der Waals surface area contributed by atoms with E-state index in [2.05, 4.69) is 12.2 Å². The molecule has 4 nitrogen and oxygen atoms in total. The second kappa shape index (κ2) is 7.14. The van der Waals surface area contributed by atoms with Crippen molar-refractivity contribution in [1.82, 2.24) is 10.2 Å². The highest BCUT2D eigenvalue weighted by atomic mass is 35.5. The van der Waals surface area contributed by atoms with E-state index in [9.17, 15) is 4.79 Å². The zero-order chi connectivity index (χ0) is 13.9. The van der Waals surface area contributed by atoms with Crippen LogP contribution in [-0.4, -0.2) is 43.1 Å². The van der Waals surface area contributed by atoms with Gasteiger partial charge in [0.05, 0.1) is 6.61 Å². The molecule has 0 unspecified atom stereocenters. The summed E-state index contributed by atoms with van der Waals surface area (Å²) in [6.07, 6.45) is 2.58. The van der Waals surface area contributed by atoms with Crippen molar-refractivity contribution in [2.75, 3.05) is 26.2 Å². The molecule has 116 valence electrons. The van der Waals surface area contributed by atoms with Gasteiger partial charge in [-0.3, -0.25) is 4.79 Å². The molecule has 0 radical (unpaired) electrons. The molecule has 1 aromatic rings. The summed E-state index contributed by atoms with van der Waals surface area (Å²) >= 11 is 0. The summed E-state index contributed by atoms with van der Waals surface area (Å²) in [5.74, 6) is 1.73. The molecule has 5 heteroatoms. The molecule has 0 aromatic heterocycles. The molecule has 1 heterocycles. The Bertz CT molecular complexity index is 474. The van der Waals surface area contributed by atoms with Gasteiger partial charge >= 0.3 is 0 Å². The van der Waals surface area contributed by atoms with Gasteiger partial charge in [0.15, 0.2) is 0 Å². The van der Waals surface area contributed by atoms with E-state index >= 15 is 0 Å². The van der Waals surface area contributed by atoms with Crippen LogP contribution < -0.4 is 10.1 Å². The number of ether oxygens (including phenoxy) is 1. The van der Waals surface area contributed by atoms with Gasteiger partial charge in [-0.05, 0) is 49.9 Å². The normalized spacial score (nSPS) is 21.6. The molecule has 2 fully saturated rings. The largest absolute Gasteiger partial charge is 0.493 e. The number of carbonyl (C=O) groups excluding carboxylic acids is 1. The smallest absolute Gasteiger partial charge is 0.254 e. The van der Waals surface area contributed by atoms with Gasteiger partial charge in [-0.1, -0.05) is 0 Å². The van der Waals surface area contributed by atoms with Crippen molar-refractivity contribution < 1.29 is 9.53 Å². The van der Waals surface area contributed by atoms with Gasteiger partial charge in [-0.2, -0.15) is 0 Å². The number of hydrogen-bond donors (Lipinski definition) is 1. The second-order valence-corrected chi connectivity index (χ2v) is 5.83. The third-order valence-corrected chi connectivity index (χ3v) is 4.05. The molecular weight excluding hydrogens is 288 g/mol. The molecule has 1 aliphatic heterocycles. The van der Waals surface area contributed by atoms with Crippen molar-refractivity contribution in [2.24, 2.45) is 5.92 Å². The first kappa shape index (κ1) is 16.1. The summed E-state index contributed by atoms with van der Waals surface area (Å²) in [6, 6.07) is 7.81. The molecule has 21 heavy (non-hydrogen) atoms. The Morgan fingerprint density at radius 1 is 1.33 bits per heavy atom. The second-order valence-electron chi connectivity index (χ2n) is 5.83. The molecule has 2 aliphatic rings. The molecule has 0 spiro atoms. The number of piperazine rings is 1. The Balaban J connectivity index is 0.00000161. The minimum absolute atomic E-state index is 0. The fourth-order valence-corrected chi connectivity index (χ4v) is 2.50. The van der Waals surface area contributed by atoms with Crippen LogP contribution in [0.15, 0.2) is 24.3 Å². The Morgan fingerprint density at radius 3 is 2.67 bits per heavy atom. The Morgan fingerprint density at radius 2 is 2.05 bits per heavy atom. The lowest BCUT2D eigenvalue weighted by Gasteiger charge is -2.34. The number of hydrogen-bond acceptors (Lipinski definition) is 3. The molecule has 1 atom stereocenters. The summed E-state index contributed by atoms with van der Waals surface area (Å²) in [4.78, 5) is 14.4. The van der Waals surface area contributed by atoms with Crippen molar-refractivity contribution in [3.63, 3.8) is 0 Å². The summed E-state index contributed by atoms with van der Waals surface area (Å²) in [6.45, 7) is 5.41. The number of nitrogens with zero attached hydrogens (tertiary/aromatic N) is 1. The minimum atomic E-state index is 0. The highest BCUT2D eigenvalue weighted by molar-refractivity contribution is 5.94. The molecule has 1 saturated heterocycles. The zero-order valence-corrected chi connectivity index (χ0v) is 13.2. The van der Waals surface area contributed by atoms with Crippen LogP contribution in [0.1, 0.15) is 30.1 Å². The number of nitrogens with one attached hydrogen (secondary N) is 1. The zero-order valence-electron chi connectivity index (χ0n) is 12.4. The summed E-state index contributed by atoms with van der Waals surface area (Å²) < 4.78 is 5.70. The van der Waals surface area contributed by atoms with Gasteiger partial charge in [-0.15, -0.1) is 12.4 Å². The van der Waals surface area contributed by atoms with Crippen LogP contribution in [0, 0.1) is 5.92 Å². The van der Waals surface area contributed by atoms with Gasteiger partial charge < -0.3 is 15.0 Å². The summed E-state index contributed by atoms with van der Waals surface area (Å²) in [5, 5.41) is 3.30. The third kappa shape index (κ3) is 4.11. The van der Waals surface area contributed by atoms with E-state index in [4.69, 9.17) is 4.74 Å². The van der Waals surface area contributed by atoms with E-state index in [0.29, 0.717) is 0 Å². The van der Waals surface area contributed by atoms with Crippen LogP contribution in [-0.2, 0) is 0 Å². The van der Waals surface area contributed by atoms with Crippen LogP contribution >= 0.6 is 12.4 Å². The number of carbonyl (C=O) groups is 1. The topological polar surface area (TPSA) is 41.6 Å². The van der Waals surface area contributed by atoms with E-state index in [-0.39, 0.29) is 24.4 Å². The highest BCUT2D eigenvalue weighted by Crippen LogP contribution is 2.29.